The van der Waals surface area contributed by atoms with Gasteiger partial charge in [-0.3, -0.25) is 0 Å². The molecule has 0 aromatic heterocycles. The molecule has 108 valence electrons. The van der Waals surface area contributed by atoms with Crippen LogP contribution < -0.4 is 5.32 Å². The third kappa shape index (κ3) is 6.72. The standard InChI is InChI=1S/C15H31NO2/c1-5-10-16-13-8-6-7-9-14(13)17-11-12-18-15(2,3)4/h13-14,16H,5-12H2,1-4H3. The highest BCUT2D eigenvalue weighted by molar-refractivity contribution is 4.81. The van der Waals surface area contributed by atoms with Crippen molar-refractivity contribution in [3.05, 3.63) is 0 Å². The Morgan fingerprint density at radius 1 is 1.11 bits per heavy atom. The molecular weight excluding hydrogens is 226 g/mol. The van der Waals surface area contributed by atoms with Crippen LogP contribution in [-0.2, 0) is 9.47 Å². The van der Waals surface area contributed by atoms with E-state index in [9.17, 15) is 0 Å². The van der Waals surface area contributed by atoms with Crippen molar-refractivity contribution >= 4 is 0 Å². The molecule has 0 aliphatic heterocycles. The van der Waals surface area contributed by atoms with E-state index in [1.165, 1.54) is 32.1 Å². The Labute approximate surface area is 113 Å². The monoisotopic (exact) mass is 257 g/mol. The van der Waals surface area contributed by atoms with Gasteiger partial charge in [0.2, 0.25) is 0 Å². The summed E-state index contributed by atoms with van der Waals surface area (Å²) in [5.74, 6) is 0. The lowest BCUT2D eigenvalue weighted by atomic mass is 9.92. The molecule has 2 atom stereocenters. The van der Waals surface area contributed by atoms with Crippen LogP contribution in [0.25, 0.3) is 0 Å². The van der Waals surface area contributed by atoms with E-state index in [-0.39, 0.29) is 5.60 Å². The lowest BCUT2D eigenvalue weighted by Gasteiger charge is -2.32. The van der Waals surface area contributed by atoms with Gasteiger partial charge in [-0.25, -0.2) is 0 Å². The van der Waals surface area contributed by atoms with E-state index in [1.807, 2.05) is 0 Å². The van der Waals surface area contributed by atoms with Crippen molar-refractivity contribution in [3.63, 3.8) is 0 Å². The minimum atomic E-state index is -0.0597. The molecule has 0 spiro atoms. The molecule has 1 aliphatic carbocycles. The first-order valence-corrected chi connectivity index (χ1v) is 7.52. The molecule has 1 rings (SSSR count). The molecule has 0 saturated heterocycles. The topological polar surface area (TPSA) is 30.5 Å². The number of hydrogen-bond acceptors (Lipinski definition) is 3. The van der Waals surface area contributed by atoms with E-state index in [2.05, 4.69) is 33.0 Å². The van der Waals surface area contributed by atoms with Gasteiger partial charge in [0.05, 0.1) is 24.9 Å². The van der Waals surface area contributed by atoms with Gasteiger partial charge in [-0.1, -0.05) is 19.8 Å². The van der Waals surface area contributed by atoms with Gasteiger partial charge in [0.15, 0.2) is 0 Å². The van der Waals surface area contributed by atoms with Gasteiger partial charge >= 0.3 is 0 Å². The maximum Gasteiger partial charge on any atom is 0.0729 e. The van der Waals surface area contributed by atoms with E-state index in [0.29, 0.717) is 25.4 Å². The van der Waals surface area contributed by atoms with Crippen molar-refractivity contribution in [1.29, 1.82) is 0 Å². The van der Waals surface area contributed by atoms with Gasteiger partial charge in [0, 0.05) is 6.04 Å². The number of nitrogens with one attached hydrogen (secondary N) is 1. The fourth-order valence-electron chi connectivity index (χ4n) is 2.41. The van der Waals surface area contributed by atoms with Crippen molar-refractivity contribution in [2.45, 2.75) is 77.5 Å². The maximum absolute atomic E-state index is 6.00. The average molecular weight is 257 g/mol. The molecule has 0 heterocycles. The second kappa shape index (κ2) is 8.13. The molecule has 3 heteroatoms. The lowest BCUT2D eigenvalue weighted by molar-refractivity contribution is -0.0646. The third-order valence-corrected chi connectivity index (χ3v) is 3.31. The van der Waals surface area contributed by atoms with Crippen LogP contribution in [0.1, 0.15) is 59.8 Å². The summed E-state index contributed by atoms with van der Waals surface area (Å²) >= 11 is 0. The molecule has 1 N–H and O–H groups in total. The largest absolute Gasteiger partial charge is 0.374 e. The smallest absolute Gasteiger partial charge is 0.0729 e. The molecule has 0 radical (unpaired) electrons. The highest BCUT2D eigenvalue weighted by Gasteiger charge is 2.25. The molecule has 1 saturated carbocycles. The quantitative estimate of drug-likeness (QED) is 0.711. The normalized spacial score (nSPS) is 25.3. The SMILES string of the molecule is CCCNC1CCCCC1OCCOC(C)(C)C. The molecule has 0 bridgehead atoms. The maximum atomic E-state index is 6.00. The van der Waals surface area contributed by atoms with E-state index < -0.39 is 0 Å². The lowest BCUT2D eigenvalue weighted by Crippen LogP contribution is -2.44. The van der Waals surface area contributed by atoms with Gasteiger partial charge in [-0.15, -0.1) is 0 Å². The molecule has 3 nitrogen and oxygen atoms in total. The first kappa shape index (κ1) is 15.9. The summed E-state index contributed by atoms with van der Waals surface area (Å²) in [6.07, 6.45) is 6.65. The van der Waals surface area contributed by atoms with Crippen molar-refractivity contribution in [2.75, 3.05) is 19.8 Å². The van der Waals surface area contributed by atoms with Crippen LogP contribution in [-0.4, -0.2) is 37.5 Å². The fourth-order valence-corrected chi connectivity index (χ4v) is 2.41. The first-order valence-electron chi connectivity index (χ1n) is 7.52. The fraction of sp³-hybridized carbons (Fsp3) is 1.00. The van der Waals surface area contributed by atoms with E-state index >= 15 is 0 Å². The molecule has 0 aromatic rings. The van der Waals surface area contributed by atoms with Crippen LogP contribution >= 0.6 is 0 Å². The van der Waals surface area contributed by atoms with Crippen molar-refractivity contribution in [2.24, 2.45) is 0 Å². The van der Waals surface area contributed by atoms with Crippen molar-refractivity contribution in [3.8, 4) is 0 Å². The van der Waals surface area contributed by atoms with Gasteiger partial charge < -0.3 is 14.8 Å². The summed E-state index contributed by atoms with van der Waals surface area (Å²) in [4.78, 5) is 0. The van der Waals surface area contributed by atoms with Crippen LogP contribution in [0.4, 0.5) is 0 Å². The summed E-state index contributed by atoms with van der Waals surface area (Å²) in [7, 11) is 0. The summed E-state index contributed by atoms with van der Waals surface area (Å²) in [5.41, 5.74) is -0.0597. The molecule has 1 aliphatic rings. The van der Waals surface area contributed by atoms with Crippen LogP contribution in [0.3, 0.4) is 0 Å². The molecular formula is C15H31NO2. The predicted octanol–water partition coefficient (Wildman–Crippen LogP) is 3.13. The molecule has 0 aromatic carbocycles. The summed E-state index contributed by atoms with van der Waals surface area (Å²) in [5, 5.41) is 3.61. The zero-order valence-electron chi connectivity index (χ0n) is 12.6. The van der Waals surface area contributed by atoms with Crippen LogP contribution in [0.15, 0.2) is 0 Å². The highest BCUT2D eigenvalue weighted by Crippen LogP contribution is 2.21. The Hall–Kier alpha value is -0.120. The third-order valence-electron chi connectivity index (χ3n) is 3.31. The molecule has 0 amide bonds. The highest BCUT2D eigenvalue weighted by atomic mass is 16.5. The zero-order chi connectivity index (χ0) is 13.4. The Balaban J connectivity index is 2.20. The first-order chi connectivity index (χ1) is 8.53. The Bertz CT molecular complexity index is 213. The predicted molar refractivity (Wildman–Crippen MR) is 76.0 cm³/mol. The van der Waals surface area contributed by atoms with Crippen LogP contribution in [0, 0.1) is 0 Å². The minimum absolute atomic E-state index is 0.0597. The average Bonchev–Trinajstić information content (AvgIpc) is 2.32. The van der Waals surface area contributed by atoms with Crippen molar-refractivity contribution in [1.82, 2.24) is 5.32 Å². The van der Waals surface area contributed by atoms with Gasteiger partial charge in [0.25, 0.3) is 0 Å². The summed E-state index contributed by atoms with van der Waals surface area (Å²) in [6, 6.07) is 0.549. The summed E-state index contributed by atoms with van der Waals surface area (Å²) in [6.45, 7) is 11.0. The number of hydrogen-bond donors (Lipinski definition) is 1. The van der Waals surface area contributed by atoms with Crippen LogP contribution in [0.2, 0.25) is 0 Å². The Kier molecular flexibility index (Phi) is 7.20. The molecule has 18 heavy (non-hydrogen) atoms. The van der Waals surface area contributed by atoms with E-state index in [4.69, 9.17) is 9.47 Å². The molecule has 2 unspecified atom stereocenters. The summed E-state index contributed by atoms with van der Waals surface area (Å²) < 4.78 is 11.7. The van der Waals surface area contributed by atoms with Gasteiger partial charge in [-0.05, 0) is 46.6 Å². The van der Waals surface area contributed by atoms with Crippen molar-refractivity contribution < 1.29 is 9.47 Å². The van der Waals surface area contributed by atoms with E-state index in [0.717, 1.165) is 6.54 Å². The second-order valence-corrected chi connectivity index (χ2v) is 6.22. The Morgan fingerprint density at radius 2 is 1.83 bits per heavy atom. The van der Waals surface area contributed by atoms with E-state index in [1.54, 1.807) is 0 Å². The van der Waals surface area contributed by atoms with Crippen LogP contribution in [0.5, 0.6) is 0 Å². The van der Waals surface area contributed by atoms with Gasteiger partial charge in [0.1, 0.15) is 0 Å². The number of ether oxygens (including phenoxy) is 2. The number of rotatable bonds is 7. The Morgan fingerprint density at radius 3 is 2.50 bits per heavy atom. The minimum Gasteiger partial charge on any atom is -0.374 e. The zero-order valence-corrected chi connectivity index (χ0v) is 12.6. The van der Waals surface area contributed by atoms with Gasteiger partial charge in [-0.2, -0.15) is 0 Å². The molecule has 1 fully saturated rings. The second-order valence-electron chi connectivity index (χ2n) is 6.22.